The molecule has 1 atom stereocenters. The molecule has 0 saturated heterocycles. The minimum absolute atomic E-state index is 0.105. The van der Waals surface area contributed by atoms with Gasteiger partial charge in [-0.05, 0) is 27.2 Å². The van der Waals surface area contributed by atoms with Gasteiger partial charge >= 0.3 is 0 Å². The predicted octanol–water partition coefficient (Wildman–Crippen LogP) is 2.43. The number of carbonyl (C=O) groups excluding carboxylic acids is 1. The van der Waals surface area contributed by atoms with Crippen molar-refractivity contribution in [3.63, 3.8) is 0 Å². The molecule has 0 aromatic heterocycles. The monoisotopic (exact) mass is 216 g/mol. The van der Waals surface area contributed by atoms with Crippen LogP contribution in [0.25, 0.3) is 0 Å². The molecule has 3 heteroatoms. The first-order valence-corrected chi connectivity index (χ1v) is 5.61. The molecule has 15 heavy (non-hydrogen) atoms. The van der Waals surface area contributed by atoms with Crippen LogP contribution >= 0.6 is 0 Å². The Morgan fingerprint density at radius 1 is 1.27 bits per heavy atom. The zero-order valence-corrected chi connectivity index (χ0v) is 10.6. The van der Waals surface area contributed by atoms with Crippen LogP contribution < -0.4 is 0 Å². The second-order valence-electron chi connectivity index (χ2n) is 4.79. The van der Waals surface area contributed by atoms with E-state index in [4.69, 9.17) is 9.47 Å². The summed E-state index contributed by atoms with van der Waals surface area (Å²) in [5.74, 6) is 0.279. The summed E-state index contributed by atoms with van der Waals surface area (Å²) in [5.41, 5.74) is -0.135. The van der Waals surface area contributed by atoms with Crippen molar-refractivity contribution in [2.75, 3.05) is 19.8 Å². The highest BCUT2D eigenvalue weighted by Gasteiger charge is 2.11. The molecule has 0 aromatic carbocycles. The van der Waals surface area contributed by atoms with Gasteiger partial charge in [0.05, 0.1) is 18.8 Å². The van der Waals surface area contributed by atoms with E-state index in [2.05, 4.69) is 0 Å². The zero-order chi connectivity index (χ0) is 11.9. The first kappa shape index (κ1) is 14.6. The molecule has 0 N–H and O–H groups in total. The standard InChI is InChI=1S/C12H24O3/c1-6-10(2)11(13)9-14-7-8-15-12(3,4)5/h10H,6-9H2,1-5H3. The number of hydrogen-bond acceptors (Lipinski definition) is 3. The Morgan fingerprint density at radius 2 is 1.87 bits per heavy atom. The molecule has 0 spiro atoms. The van der Waals surface area contributed by atoms with E-state index in [-0.39, 0.29) is 23.9 Å². The average Bonchev–Trinajstić information content (AvgIpc) is 2.14. The van der Waals surface area contributed by atoms with Crippen molar-refractivity contribution in [1.29, 1.82) is 0 Å². The van der Waals surface area contributed by atoms with E-state index >= 15 is 0 Å². The van der Waals surface area contributed by atoms with Gasteiger partial charge < -0.3 is 9.47 Å². The first-order valence-electron chi connectivity index (χ1n) is 5.61. The van der Waals surface area contributed by atoms with Crippen LogP contribution in [0.1, 0.15) is 41.0 Å². The van der Waals surface area contributed by atoms with E-state index in [1.807, 2.05) is 34.6 Å². The highest BCUT2D eigenvalue weighted by Crippen LogP contribution is 2.06. The SMILES string of the molecule is CCC(C)C(=O)COCCOC(C)(C)C. The van der Waals surface area contributed by atoms with Crippen LogP contribution in [0.5, 0.6) is 0 Å². The van der Waals surface area contributed by atoms with Gasteiger partial charge in [0.1, 0.15) is 6.61 Å². The van der Waals surface area contributed by atoms with E-state index in [0.29, 0.717) is 13.2 Å². The molecule has 90 valence electrons. The van der Waals surface area contributed by atoms with Gasteiger partial charge in [-0.15, -0.1) is 0 Å². The summed E-state index contributed by atoms with van der Waals surface area (Å²) in [6.07, 6.45) is 0.876. The summed E-state index contributed by atoms with van der Waals surface area (Å²) in [6.45, 7) is 11.2. The summed E-state index contributed by atoms with van der Waals surface area (Å²) in [4.78, 5) is 11.4. The van der Waals surface area contributed by atoms with Crippen LogP contribution in [0.3, 0.4) is 0 Å². The van der Waals surface area contributed by atoms with Gasteiger partial charge in [0, 0.05) is 5.92 Å². The minimum atomic E-state index is -0.135. The predicted molar refractivity (Wildman–Crippen MR) is 61.0 cm³/mol. The molecule has 0 aliphatic heterocycles. The Balaban J connectivity index is 3.43. The summed E-state index contributed by atoms with van der Waals surface area (Å²) < 4.78 is 10.7. The van der Waals surface area contributed by atoms with Gasteiger partial charge in [0.15, 0.2) is 5.78 Å². The van der Waals surface area contributed by atoms with Gasteiger partial charge in [0.25, 0.3) is 0 Å². The van der Waals surface area contributed by atoms with Crippen LogP contribution in [-0.2, 0) is 14.3 Å². The van der Waals surface area contributed by atoms with Gasteiger partial charge in [-0.2, -0.15) is 0 Å². The second kappa shape index (κ2) is 6.96. The van der Waals surface area contributed by atoms with E-state index in [9.17, 15) is 4.79 Å². The molecule has 0 fully saturated rings. The fraction of sp³-hybridized carbons (Fsp3) is 0.917. The van der Waals surface area contributed by atoms with Gasteiger partial charge in [-0.25, -0.2) is 0 Å². The molecule has 0 bridgehead atoms. The smallest absolute Gasteiger partial charge is 0.161 e. The average molecular weight is 216 g/mol. The van der Waals surface area contributed by atoms with Crippen LogP contribution in [0.4, 0.5) is 0 Å². The van der Waals surface area contributed by atoms with Gasteiger partial charge in [-0.3, -0.25) is 4.79 Å². The zero-order valence-electron chi connectivity index (χ0n) is 10.6. The normalized spacial score (nSPS) is 13.9. The summed E-state index contributed by atoms with van der Waals surface area (Å²) >= 11 is 0. The van der Waals surface area contributed by atoms with Crippen molar-refractivity contribution in [1.82, 2.24) is 0 Å². The van der Waals surface area contributed by atoms with Crippen LogP contribution in [0.2, 0.25) is 0 Å². The maximum absolute atomic E-state index is 11.4. The maximum Gasteiger partial charge on any atom is 0.161 e. The van der Waals surface area contributed by atoms with Crippen molar-refractivity contribution >= 4 is 5.78 Å². The molecule has 0 saturated carbocycles. The third kappa shape index (κ3) is 8.58. The Bertz CT molecular complexity index is 182. The van der Waals surface area contributed by atoms with E-state index in [0.717, 1.165) is 6.42 Å². The quantitative estimate of drug-likeness (QED) is 0.613. The lowest BCUT2D eigenvalue weighted by Gasteiger charge is -2.19. The number of hydrogen-bond donors (Lipinski definition) is 0. The molecule has 1 unspecified atom stereocenters. The largest absolute Gasteiger partial charge is 0.373 e. The van der Waals surface area contributed by atoms with Crippen LogP contribution in [-0.4, -0.2) is 31.2 Å². The fourth-order valence-corrected chi connectivity index (χ4v) is 0.949. The molecule has 0 aliphatic carbocycles. The molecule has 0 aromatic rings. The van der Waals surface area contributed by atoms with Crippen molar-refractivity contribution in [3.8, 4) is 0 Å². The number of rotatable bonds is 7. The molecule has 0 rings (SSSR count). The number of ether oxygens (including phenoxy) is 2. The highest BCUT2D eigenvalue weighted by atomic mass is 16.5. The lowest BCUT2D eigenvalue weighted by atomic mass is 10.1. The maximum atomic E-state index is 11.4. The molecule has 3 nitrogen and oxygen atoms in total. The third-order valence-corrected chi connectivity index (χ3v) is 2.17. The van der Waals surface area contributed by atoms with Crippen LogP contribution in [0.15, 0.2) is 0 Å². The Labute approximate surface area is 93.1 Å². The first-order chi connectivity index (χ1) is 6.87. The van der Waals surface area contributed by atoms with Gasteiger partial charge in [-0.1, -0.05) is 13.8 Å². The molecule has 0 heterocycles. The Kier molecular flexibility index (Phi) is 6.77. The number of carbonyl (C=O) groups is 1. The van der Waals surface area contributed by atoms with E-state index < -0.39 is 0 Å². The third-order valence-electron chi connectivity index (χ3n) is 2.17. The summed E-state index contributed by atoms with van der Waals surface area (Å²) in [7, 11) is 0. The number of Topliss-reactive ketones (excluding diaryl/α,β-unsaturated/α-hetero) is 1. The van der Waals surface area contributed by atoms with E-state index in [1.165, 1.54) is 0 Å². The number of ketones is 1. The molecular formula is C12H24O3. The van der Waals surface area contributed by atoms with Gasteiger partial charge in [0.2, 0.25) is 0 Å². The fourth-order valence-electron chi connectivity index (χ4n) is 0.949. The van der Waals surface area contributed by atoms with Crippen molar-refractivity contribution < 1.29 is 14.3 Å². The van der Waals surface area contributed by atoms with Crippen molar-refractivity contribution in [2.24, 2.45) is 5.92 Å². The van der Waals surface area contributed by atoms with E-state index in [1.54, 1.807) is 0 Å². The Morgan fingerprint density at radius 3 is 2.33 bits per heavy atom. The molecule has 0 aliphatic rings. The lowest BCUT2D eigenvalue weighted by molar-refractivity contribution is -0.128. The summed E-state index contributed by atoms with van der Waals surface area (Å²) in [5, 5.41) is 0. The second-order valence-corrected chi connectivity index (χ2v) is 4.79. The lowest BCUT2D eigenvalue weighted by Crippen LogP contribution is -2.23. The summed E-state index contributed by atoms with van der Waals surface area (Å²) in [6, 6.07) is 0. The molecule has 0 amide bonds. The highest BCUT2D eigenvalue weighted by molar-refractivity contribution is 5.81. The van der Waals surface area contributed by atoms with Crippen LogP contribution in [0, 0.1) is 5.92 Å². The topological polar surface area (TPSA) is 35.5 Å². The van der Waals surface area contributed by atoms with Crippen molar-refractivity contribution in [2.45, 2.75) is 46.6 Å². The minimum Gasteiger partial charge on any atom is -0.373 e. The molecular weight excluding hydrogens is 192 g/mol. The Hall–Kier alpha value is -0.410. The molecule has 0 radical (unpaired) electrons. The van der Waals surface area contributed by atoms with Crippen molar-refractivity contribution in [3.05, 3.63) is 0 Å².